The Kier molecular flexibility index (Phi) is 5.05. The summed E-state index contributed by atoms with van der Waals surface area (Å²) in [6, 6.07) is 0. The van der Waals surface area contributed by atoms with Crippen molar-refractivity contribution in [2.75, 3.05) is 6.54 Å². The van der Waals surface area contributed by atoms with Crippen molar-refractivity contribution in [3.63, 3.8) is 0 Å². The molecule has 1 aliphatic rings. The van der Waals surface area contributed by atoms with Crippen molar-refractivity contribution in [2.45, 2.75) is 51.9 Å². The van der Waals surface area contributed by atoms with Gasteiger partial charge in [-0.2, -0.15) is 0 Å². The molecule has 0 unspecified atom stereocenters. The van der Waals surface area contributed by atoms with Gasteiger partial charge in [-0.05, 0) is 25.2 Å². The minimum absolute atomic E-state index is 0.815. The summed E-state index contributed by atoms with van der Waals surface area (Å²) in [6.45, 7) is 3.27. The van der Waals surface area contributed by atoms with Crippen LogP contribution in [-0.2, 0) is 0 Å². The fourth-order valence-corrected chi connectivity index (χ4v) is 1.76. The highest BCUT2D eigenvalue weighted by Gasteiger charge is 2.09. The lowest BCUT2D eigenvalue weighted by Gasteiger charge is -2.16. The van der Waals surface area contributed by atoms with Crippen molar-refractivity contribution in [1.82, 2.24) is 0 Å². The first kappa shape index (κ1) is 9.76. The predicted molar refractivity (Wildman–Crippen MR) is 54.8 cm³/mol. The van der Waals surface area contributed by atoms with Crippen LogP contribution in [0, 0.1) is 5.92 Å². The third kappa shape index (κ3) is 3.89. The number of nitrogens with zero attached hydrogens (tertiary/aromatic N) is 1. The number of aliphatic imine (C=N–C) groups is 1. The van der Waals surface area contributed by atoms with Crippen LogP contribution in [0.1, 0.15) is 51.9 Å². The molecule has 1 aliphatic carbocycles. The van der Waals surface area contributed by atoms with Gasteiger partial charge >= 0.3 is 0 Å². The number of hydrogen-bond acceptors (Lipinski definition) is 1. The van der Waals surface area contributed by atoms with Crippen molar-refractivity contribution < 1.29 is 0 Å². The summed E-state index contributed by atoms with van der Waals surface area (Å²) in [5.41, 5.74) is 0. The number of rotatable bonds is 4. The van der Waals surface area contributed by atoms with Gasteiger partial charge in [0.25, 0.3) is 0 Å². The summed E-state index contributed by atoms with van der Waals surface area (Å²) in [6.07, 6.45) is 11.8. The van der Waals surface area contributed by atoms with Gasteiger partial charge in [0.2, 0.25) is 0 Å². The molecule has 1 saturated carbocycles. The fraction of sp³-hybridized carbons (Fsp3) is 0.909. The third-order valence-electron chi connectivity index (χ3n) is 2.61. The van der Waals surface area contributed by atoms with E-state index in [9.17, 15) is 0 Å². The average Bonchev–Trinajstić information content (AvgIpc) is 2.14. The second-order valence-corrected chi connectivity index (χ2v) is 3.81. The lowest BCUT2D eigenvalue weighted by molar-refractivity contribution is 0.444. The van der Waals surface area contributed by atoms with Crippen LogP contribution < -0.4 is 0 Å². The highest BCUT2D eigenvalue weighted by Crippen LogP contribution is 2.21. The van der Waals surface area contributed by atoms with Gasteiger partial charge in [-0.1, -0.05) is 32.6 Å². The molecule has 0 heterocycles. The third-order valence-corrected chi connectivity index (χ3v) is 2.61. The first-order chi connectivity index (χ1) is 5.93. The molecule has 0 radical (unpaired) electrons. The van der Waals surface area contributed by atoms with E-state index in [4.69, 9.17) is 0 Å². The topological polar surface area (TPSA) is 12.4 Å². The standard InChI is InChI=1S/C11H21N/c1-2-3-9-12-10-11-7-5-4-6-8-11/h10-11H,2-9H2,1H3. The van der Waals surface area contributed by atoms with Crippen LogP contribution in [0.2, 0.25) is 0 Å². The van der Waals surface area contributed by atoms with Crippen molar-refractivity contribution >= 4 is 6.21 Å². The quantitative estimate of drug-likeness (QED) is 0.449. The summed E-state index contributed by atoms with van der Waals surface area (Å²) >= 11 is 0. The van der Waals surface area contributed by atoms with Gasteiger partial charge < -0.3 is 0 Å². The van der Waals surface area contributed by atoms with Gasteiger partial charge in [-0.25, -0.2) is 0 Å². The summed E-state index contributed by atoms with van der Waals surface area (Å²) in [5, 5.41) is 0. The van der Waals surface area contributed by atoms with Crippen LogP contribution in [0.15, 0.2) is 4.99 Å². The molecule has 0 aromatic rings. The highest BCUT2D eigenvalue weighted by atomic mass is 14.7. The molecule has 0 amide bonds. The molecule has 0 N–H and O–H groups in total. The fourth-order valence-electron chi connectivity index (χ4n) is 1.76. The molecule has 0 aromatic heterocycles. The molecule has 0 bridgehead atoms. The summed E-state index contributed by atoms with van der Waals surface area (Å²) in [4.78, 5) is 4.46. The molecular formula is C11H21N. The van der Waals surface area contributed by atoms with E-state index in [-0.39, 0.29) is 0 Å². The maximum absolute atomic E-state index is 4.46. The molecule has 0 aliphatic heterocycles. The Morgan fingerprint density at radius 2 is 2.00 bits per heavy atom. The van der Waals surface area contributed by atoms with Gasteiger partial charge in [0.15, 0.2) is 0 Å². The van der Waals surface area contributed by atoms with Crippen LogP contribution >= 0.6 is 0 Å². The van der Waals surface area contributed by atoms with E-state index in [0.717, 1.165) is 12.5 Å². The molecule has 1 fully saturated rings. The summed E-state index contributed by atoms with van der Waals surface area (Å²) < 4.78 is 0. The first-order valence-electron chi connectivity index (χ1n) is 5.43. The molecule has 0 saturated heterocycles. The molecule has 0 aromatic carbocycles. The zero-order valence-electron chi connectivity index (χ0n) is 8.26. The molecule has 70 valence electrons. The maximum Gasteiger partial charge on any atom is 0.0385 e. The van der Waals surface area contributed by atoms with E-state index < -0.39 is 0 Å². The van der Waals surface area contributed by atoms with E-state index >= 15 is 0 Å². The van der Waals surface area contributed by atoms with Gasteiger partial charge in [-0.3, -0.25) is 4.99 Å². The van der Waals surface area contributed by atoms with E-state index in [1.165, 1.54) is 44.9 Å². The van der Waals surface area contributed by atoms with E-state index in [0.29, 0.717) is 0 Å². The number of unbranched alkanes of at least 4 members (excludes halogenated alkanes) is 1. The van der Waals surface area contributed by atoms with Crippen molar-refractivity contribution in [3.05, 3.63) is 0 Å². The Labute approximate surface area is 76.3 Å². The van der Waals surface area contributed by atoms with Crippen molar-refractivity contribution in [2.24, 2.45) is 10.9 Å². The SMILES string of the molecule is CCCCN=CC1CCCCC1. The number of hydrogen-bond donors (Lipinski definition) is 0. The van der Waals surface area contributed by atoms with Crippen LogP contribution in [0.4, 0.5) is 0 Å². The molecule has 1 rings (SSSR count). The molecular weight excluding hydrogens is 146 g/mol. The average molecular weight is 167 g/mol. The van der Waals surface area contributed by atoms with Gasteiger partial charge in [0.1, 0.15) is 0 Å². The Morgan fingerprint density at radius 3 is 2.67 bits per heavy atom. The van der Waals surface area contributed by atoms with Crippen LogP contribution in [-0.4, -0.2) is 12.8 Å². The van der Waals surface area contributed by atoms with Gasteiger partial charge in [-0.15, -0.1) is 0 Å². The minimum atomic E-state index is 0.815. The zero-order valence-corrected chi connectivity index (χ0v) is 8.26. The van der Waals surface area contributed by atoms with E-state index in [2.05, 4.69) is 18.1 Å². The highest BCUT2D eigenvalue weighted by molar-refractivity contribution is 5.60. The molecule has 1 heteroatoms. The Morgan fingerprint density at radius 1 is 1.25 bits per heavy atom. The van der Waals surface area contributed by atoms with Crippen molar-refractivity contribution in [1.29, 1.82) is 0 Å². The monoisotopic (exact) mass is 167 g/mol. The Bertz CT molecular complexity index is 123. The second-order valence-electron chi connectivity index (χ2n) is 3.81. The Balaban J connectivity index is 2.07. The zero-order chi connectivity index (χ0) is 8.65. The predicted octanol–water partition coefficient (Wildman–Crippen LogP) is 3.44. The Hall–Kier alpha value is -0.330. The van der Waals surface area contributed by atoms with E-state index in [1.54, 1.807) is 0 Å². The van der Waals surface area contributed by atoms with Crippen LogP contribution in [0.25, 0.3) is 0 Å². The smallest absolute Gasteiger partial charge is 0.0385 e. The van der Waals surface area contributed by atoms with Crippen molar-refractivity contribution in [3.8, 4) is 0 Å². The molecule has 0 spiro atoms. The lowest BCUT2D eigenvalue weighted by Crippen LogP contribution is -2.07. The summed E-state index contributed by atoms with van der Waals surface area (Å²) in [5.74, 6) is 0.815. The van der Waals surface area contributed by atoms with Crippen LogP contribution in [0.5, 0.6) is 0 Å². The minimum Gasteiger partial charge on any atom is -0.297 e. The van der Waals surface area contributed by atoms with E-state index in [1.807, 2.05) is 0 Å². The first-order valence-corrected chi connectivity index (χ1v) is 5.43. The normalized spacial score (nSPS) is 20.4. The molecule has 0 atom stereocenters. The van der Waals surface area contributed by atoms with Gasteiger partial charge in [0.05, 0.1) is 0 Å². The van der Waals surface area contributed by atoms with Gasteiger partial charge in [0, 0.05) is 12.8 Å². The lowest BCUT2D eigenvalue weighted by atomic mass is 9.90. The van der Waals surface area contributed by atoms with Crippen LogP contribution in [0.3, 0.4) is 0 Å². The second kappa shape index (κ2) is 6.22. The summed E-state index contributed by atoms with van der Waals surface area (Å²) in [7, 11) is 0. The molecule has 12 heavy (non-hydrogen) atoms. The largest absolute Gasteiger partial charge is 0.297 e. The maximum atomic E-state index is 4.46. The molecule has 1 nitrogen and oxygen atoms in total.